The molecule has 3 rings (SSSR count). The highest BCUT2D eigenvalue weighted by molar-refractivity contribution is 6.33. The first-order chi connectivity index (χ1) is 10.5. The molecule has 0 saturated heterocycles. The number of carbonyl (C=O) groups is 1. The lowest BCUT2D eigenvalue weighted by Gasteiger charge is -2.29. The Hall–Kier alpha value is -1.33. The van der Waals surface area contributed by atoms with E-state index in [9.17, 15) is 4.79 Å². The number of nitrogens with zero attached hydrogens (tertiary/aromatic N) is 2. The third-order valence-corrected chi connectivity index (χ3v) is 4.67. The van der Waals surface area contributed by atoms with Crippen molar-refractivity contribution in [3.8, 4) is 0 Å². The van der Waals surface area contributed by atoms with E-state index >= 15 is 0 Å². The molecule has 5 nitrogen and oxygen atoms in total. The van der Waals surface area contributed by atoms with E-state index in [0.29, 0.717) is 16.8 Å². The monoisotopic (exact) mass is 340 g/mol. The highest BCUT2D eigenvalue weighted by Gasteiger charge is 2.48. The van der Waals surface area contributed by atoms with Crippen LogP contribution in [0.5, 0.6) is 0 Å². The van der Waals surface area contributed by atoms with Gasteiger partial charge in [0.1, 0.15) is 10.8 Å². The molecule has 1 saturated carbocycles. The minimum atomic E-state index is -0.123. The summed E-state index contributed by atoms with van der Waals surface area (Å²) in [5.74, 6) is 0.993. The molecule has 2 bridgehead atoms. The van der Waals surface area contributed by atoms with Crippen molar-refractivity contribution in [2.45, 2.75) is 32.4 Å². The van der Waals surface area contributed by atoms with Crippen molar-refractivity contribution in [3.05, 3.63) is 28.7 Å². The maximum Gasteiger partial charge on any atom is 0.226 e. The molecule has 4 atom stereocenters. The smallest absolute Gasteiger partial charge is 0.226 e. The van der Waals surface area contributed by atoms with Gasteiger partial charge in [0.05, 0.1) is 12.1 Å². The van der Waals surface area contributed by atoms with Crippen LogP contribution in [0.25, 0.3) is 0 Å². The Kier molecular flexibility index (Phi) is 4.28. The first kappa shape index (κ1) is 15.6. The van der Waals surface area contributed by atoms with Gasteiger partial charge in [-0.3, -0.25) is 4.79 Å². The Morgan fingerprint density at radius 2 is 2.05 bits per heavy atom. The van der Waals surface area contributed by atoms with Crippen molar-refractivity contribution in [2.75, 3.05) is 5.32 Å². The van der Waals surface area contributed by atoms with Crippen LogP contribution in [-0.4, -0.2) is 28.0 Å². The normalized spacial score (nSPS) is 29.1. The molecule has 1 fully saturated rings. The standard InChI is InChI=1S/C15H18Cl2N4O/c1-7(2)19-14(22)11-8-3-4-9(5-8)12(11)20-13-10(16)6-18-15(17)21-13/h3-4,6-9,11-12H,5H2,1-2H3,(H,19,22)(H,18,20,21). The van der Waals surface area contributed by atoms with Gasteiger partial charge in [0.25, 0.3) is 0 Å². The molecule has 0 spiro atoms. The van der Waals surface area contributed by atoms with Crippen LogP contribution in [0, 0.1) is 17.8 Å². The van der Waals surface area contributed by atoms with Crippen molar-refractivity contribution in [2.24, 2.45) is 17.8 Å². The highest BCUT2D eigenvalue weighted by atomic mass is 35.5. The zero-order valence-electron chi connectivity index (χ0n) is 12.4. The number of aromatic nitrogens is 2. The third-order valence-electron chi connectivity index (χ3n) is 4.21. The number of hydrogen-bond donors (Lipinski definition) is 2. The lowest BCUT2D eigenvalue weighted by molar-refractivity contribution is -0.126. The fraction of sp³-hybridized carbons (Fsp3) is 0.533. The highest BCUT2D eigenvalue weighted by Crippen LogP contribution is 2.45. The largest absolute Gasteiger partial charge is 0.365 e. The molecule has 7 heteroatoms. The van der Waals surface area contributed by atoms with Gasteiger partial charge in [0, 0.05) is 12.1 Å². The molecule has 4 unspecified atom stereocenters. The van der Waals surface area contributed by atoms with Crippen LogP contribution in [0.3, 0.4) is 0 Å². The molecule has 1 amide bonds. The minimum Gasteiger partial charge on any atom is -0.365 e. The van der Waals surface area contributed by atoms with E-state index in [-0.39, 0.29) is 35.1 Å². The Balaban J connectivity index is 1.83. The van der Waals surface area contributed by atoms with Gasteiger partial charge in [0.15, 0.2) is 0 Å². The van der Waals surface area contributed by atoms with Gasteiger partial charge in [-0.25, -0.2) is 4.98 Å². The van der Waals surface area contributed by atoms with E-state index in [1.54, 1.807) is 0 Å². The van der Waals surface area contributed by atoms with E-state index in [2.05, 4.69) is 32.8 Å². The fourth-order valence-electron chi connectivity index (χ4n) is 3.36. The molecule has 22 heavy (non-hydrogen) atoms. The second-order valence-corrected chi connectivity index (χ2v) is 6.89. The molecule has 1 aromatic rings. The molecule has 0 radical (unpaired) electrons. The van der Waals surface area contributed by atoms with E-state index in [1.165, 1.54) is 6.20 Å². The van der Waals surface area contributed by atoms with E-state index < -0.39 is 0 Å². The van der Waals surface area contributed by atoms with Gasteiger partial charge >= 0.3 is 0 Å². The molecular weight excluding hydrogens is 323 g/mol. The van der Waals surface area contributed by atoms with E-state index in [0.717, 1.165) is 6.42 Å². The molecule has 118 valence electrons. The number of anilines is 1. The van der Waals surface area contributed by atoms with E-state index in [1.807, 2.05) is 13.8 Å². The van der Waals surface area contributed by atoms with Crippen molar-refractivity contribution < 1.29 is 4.79 Å². The third kappa shape index (κ3) is 2.92. The molecule has 1 aromatic heterocycles. The van der Waals surface area contributed by atoms with Crippen LogP contribution in [0.4, 0.5) is 5.82 Å². The van der Waals surface area contributed by atoms with Crippen LogP contribution in [0.15, 0.2) is 18.3 Å². The van der Waals surface area contributed by atoms with Gasteiger partial charge in [-0.05, 0) is 43.7 Å². The first-order valence-corrected chi connectivity index (χ1v) is 8.14. The first-order valence-electron chi connectivity index (χ1n) is 7.39. The summed E-state index contributed by atoms with van der Waals surface area (Å²) < 4.78 is 0. The Labute approximate surface area is 139 Å². The maximum atomic E-state index is 12.5. The number of amides is 1. The van der Waals surface area contributed by atoms with Crippen molar-refractivity contribution in [1.82, 2.24) is 15.3 Å². The van der Waals surface area contributed by atoms with Crippen LogP contribution in [0.2, 0.25) is 10.3 Å². The van der Waals surface area contributed by atoms with Gasteiger partial charge in [-0.1, -0.05) is 23.8 Å². The van der Waals surface area contributed by atoms with Gasteiger partial charge in [-0.2, -0.15) is 4.98 Å². The number of rotatable bonds is 4. The molecular formula is C15H18Cl2N4O. The zero-order chi connectivity index (χ0) is 15.9. The fourth-order valence-corrected chi connectivity index (χ4v) is 3.64. The summed E-state index contributed by atoms with van der Waals surface area (Å²) in [5, 5.41) is 6.85. The zero-order valence-corrected chi connectivity index (χ0v) is 13.9. The van der Waals surface area contributed by atoms with Crippen molar-refractivity contribution in [1.29, 1.82) is 0 Å². The number of nitrogens with one attached hydrogen (secondary N) is 2. The summed E-state index contributed by atoms with van der Waals surface area (Å²) in [6.07, 6.45) is 6.75. The summed E-state index contributed by atoms with van der Waals surface area (Å²) in [5.41, 5.74) is 0. The van der Waals surface area contributed by atoms with Crippen LogP contribution in [0.1, 0.15) is 20.3 Å². The Morgan fingerprint density at radius 3 is 2.77 bits per heavy atom. The summed E-state index contributed by atoms with van der Waals surface area (Å²) in [7, 11) is 0. The van der Waals surface area contributed by atoms with Crippen LogP contribution < -0.4 is 10.6 Å². The number of halogens is 2. The van der Waals surface area contributed by atoms with Crippen molar-refractivity contribution in [3.63, 3.8) is 0 Å². The summed E-state index contributed by atoms with van der Waals surface area (Å²) >= 11 is 12.0. The van der Waals surface area contributed by atoms with Gasteiger partial charge in [0.2, 0.25) is 11.2 Å². The molecule has 2 aliphatic carbocycles. The van der Waals surface area contributed by atoms with Crippen LogP contribution >= 0.6 is 23.2 Å². The average molecular weight is 341 g/mol. The second kappa shape index (κ2) is 6.05. The summed E-state index contributed by atoms with van der Waals surface area (Å²) in [6, 6.07) is 0.0885. The number of hydrogen-bond acceptors (Lipinski definition) is 4. The topological polar surface area (TPSA) is 66.9 Å². The van der Waals surface area contributed by atoms with E-state index in [4.69, 9.17) is 23.2 Å². The Bertz CT molecular complexity index is 620. The SMILES string of the molecule is CC(C)NC(=O)C1C2C=CC(C2)C1Nc1nc(Cl)ncc1Cl. The molecule has 1 heterocycles. The quantitative estimate of drug-likeness (QED) is 0.653. The molecule has 0 aromatic carbocycles. The predicted molar refractivity (Wildman–Crippen MR) is 87.0 cm³/mol. The number of allylic oxidation sites excluding steroid dienone is 1. The number of carbonyl (C=O) groups excluding carboxylic acids is 1. The van der Waals surface area contributed by atoms with Crippen molar-refractivity contribution >= 4 is 34.9 Å². The summed E-state index contributed by atoms with van der Waals surface area (Å²) in [4.78, 5) is 20.5. The lowest BCUT2D eigenvalue weighted by atomic mass is 9.88. The molecule has 2 aliphatic rings. The molecule has 0 aliphatic heterocycles. The minimum absolute atomic E-state index is 0.0304. The number of fused-ring (bicyclic) bond motifs is 2. The second-order valence-electron chi connectivity index (χ2n) is 6.14. The Morgan fingerprint density at radius 1 is 1.32 bits per heavy atom. The van der Waals surface area contributed by atoms with Gasteiger partial charge < -0.3 is 10.6 Å². The predicted octanol–water partition coefficient (Wildman–Crippen LogP) is 2.91. The van der Waals surface area contributed by atoms with Gasteiger partial charge in [-0.15, -0.1) is 0 Å². The summed E-state index contributed by atoms with van der Waals surface area (Å²) in [6.45, 7) is 3.93. The van der Waals surface area contributed by atoms with Crippen LogP contribution in [-0.2, 0) is 4.79 Å². The molecule has 2 N–H and O–H groups in total. The lowest BCUT2D eigenvalue weighted by Crippen LogP contribution is -2.45. The maximum absolute atomic E-state index is 12.5. The average Bonchev–Trinajstić information content (AvgIpc) is 3.03.